The van der Waals surface area contributed by atoms with Crippen molar-refractivity contribution in [1.29, 1.82) is 0 Å². The Morgan fingerprint density at radius 1 is 1.32 bits per heavy atom. The van der Waals surface area contributed by atoms with Gasteiger partial charge in [-0.3, -0.25) is 10.1 Å². The Morgan fingerprint density at radius 2 is 1.84 bits per heavy atom. The van der Waals surface area contributed by atoms with E-state index in [2.05, 4.69) is 4.74 Å². The van der Waals surface area contributed by atoms with Crippen LogP contribution in [0, 0.1) is 10.1 Å². The SMILES string of the molecule is CCCOC(=O)Oc1ccc([N+](=O)[O-])cc1.O=C=O. The topological polar surface area (TPSA) is 113 Å². The number of nitro groups is 1. The summed E-state index contributed by atoms with van der Waals surface area (Å²) in [6.07, 6.45) is 0.144. The van der Waals surface area contributed by atoms with E-state index >= 15 is 0 Å². The quantitative estimate of drug-likeness (QED) is 0.355. The third-order valence-corrected chi connectivity index (χ3v) is 1.67. The van der Waals surface area contributed by atoms with E-state index in [1.54, 1.807) is 0 Å². The van der Waals surface area contributed by atoms with Crippen LogP contribution in [-0.2, 0) is 14.3 Å². The predicted molar refractivity (Wildman–Crippen MR) is 60.4 cm³/mol. The average molecular weight is 269 g/mol. The van der Waals surface area contributed by atoms with E-state index in [0.717, 1.165) is 0 Å². The highest BCUT2D eigenvalue weighted by molar-refractivity contribution is 5.63. The van der Waals surface area contributed by atoms with Gasteiger partial charge in [0.25, 0.3) is 5.69 Å². The maximum Gasteiger partial charge on any atom is 0.513 e. The van der Waals surface area contributed by atoms with Crippen LogP contribution in [0.15, 0.2) is 24.3 Å². The minimum Gasteiger partial charge on any atom is -0.434 e. The maximum absolute atomic E-state index is 11.0. The Kier molecular flexibility index (Phi) is 7.98. The van der Waals surface area contributed by atoms with Crippen molar-refractivity contribution in [3.05, 3.63) is 34.4 Å². The van der Waals surface area contributed by atoms with Crippen LogP contribution < -0.4 is 4.74 Å². The van der Waals surface area contributed by atoms with Crippen molar-refractivity contribution in [2.45, 2.75) is 13.3 Å². The van der Waals surface area contributed by atoms with Gasteiger partial charge in [0.05, 0.1) is 11.5 Å². The van der Waals surface area contributed by atoms with Crippen LogP contribution in [-0.4, -0.2) is 23.8 Å². The lowest BCUT2D eigenvalue weighted by molar-refractivity contribution is -0.384. The summed E-state index contributed by atoms with van der Waals surface area (Å²) in [5.41, 5.74) is -0.0609. The number of carbonyl (C=O) groups excluding carboxylic acids is 3. The molecule has 1 rings (SSSR count). The highest BCUT2D eigenvalue weighted by Gasteiger charge is 2.08. The number of nitrogens with zero attached hydrogens (tertiary/aromatic N) is 1. The smallest absolute Gasteiger partial charge is 0.434 e. The third-order valence-electron chi connectivity index (χ3n) is 1.67. The molecule has 0 saturated carbocycles. The highest BCUT2D eigenvalue weighted by Crippen LogP contribution is 2.17. The molecule has 0 heterocycles. The summed E-state index contributed by atoms with van der Waals surface area (Å²) in [6, 6.07) is 5.18. The van der Waals surface area contributed by atoms with Gasteiger partial charge in [-0.05, 0) is 18.6 Å². The van der Waals surface area contributed by atoms with Gasteiger partial charge in [-0.2, -0.15) is 9.59 Å². The number of hydrogen-bond acceptors (Lipinski definition) is 7. The van der Waals surface area contributed by atoms with Gasteiger partial charge >= 0.3 is 12.3 Å². The molecule has 0 aromatic heterocycles. The molecule has 0 aliphatic heterocycles. The van der Waals surface area contributed by atoms with Gasteiger partial charge < -0.3 is 9.47 Å². The van der Waals surface area contributed by atoms with Gasteiger partial charge in [0.15, 0.2) is 0 Å². The second-order valence-electron chi connectivity index (χ2n) is 3.03. The summed E-state index contributed by atoms with van der Waals surface area (Å²) < 4.78 is 9.45. The molecule has 0 radical (unpaired) electrons. The van der Waals surface area contributed by atoms with Gasteiger partial charge in [-0.1, -0.05) is 6.92 Å². The van der Waals surface area contributed by atoms with Crippen LogP contribution in [0.3, 0.4) is 0 Å². The molecule has 8 nitrogen and oxygen atoms in total. The van der Waals surface area contributed by atoms with Crippen molar-refractivity contribution < 1.29 is 28.8 Å². The molecule has 19 heavy (non-hydrogen) atoms. The van der Waals surface area contributed by atoms with Crippen LogP contribution in [0.2, 0.25) is 0 Å². The largest absolute Gasteiger partial charge is 0.513 e. The fourth-order valence-corrected chi connectivity index (χ4v) is 0.947. The van der Waals surface area contributed by atoms with Crippen molar-refractivity contribution in [3.63, 3.8) is 0 Å². The molecule has 0 amide bonds. The van der Waals surface area contributed by atoms with Crippen LogP contribution in [0.4, 0.5) is 10.5 Å². The van der Waals surface area contributed by atoms with Gasteiger partial charge in [0.2, 0.25) is 0 Å². The Morgan fingerprint density at radius 3 is 2.26 bits per heavy atom. The van der Waals surface area contributed by atoms with Crippen LogP contribution in [0.1, 0.15) is 13.3 Å². The van der Waals surface area contributed by atoms with Crippen LogP contribution in [0.25, 0.3) is 0 Å². The van der Waals surface area contributed by atoms with Crippen molar-refractivity contribution in [1.82, 2.24) is 0 Å². The molecule has 0 fully saturated rings. The van der Waals surface area contributed by atoms with E-state index in [-0.39, 0.29) is 24.2 Å². The summed E-state index contributed by atoms with van der Waals surface area (Å²) in [5.74, 6) is 0.215. The number of non-ortho nitro benzene ring substituents is 1. The summed E-state index contributed by atoms with van der Waals surface area (Å²) in [6.45, 7) is 2.14. The molecule has 0 spiro atoms. The minimum atomic E-state index is -0.810. The lowest BCUT2D eigenvalue weighted by atomic mass is 10.3. The Bertz CT molecular complexity index is 449. The standard InChI is InChI=1S/C10H11NO5.CO2/c1-2-7-15-10(12)16-9-5-3-8(4-6-9)11(13)14;2-1-3/h3-6H,2,7H2,1H3;. The number of ether oxygens (including phenoxy) is 2. The summed E-state index contributed by atoms with van der Waals surface area (Å²) in [4.78, 5) is 37.1. The van der Waals surface area contributed by atoms with E-state index in [1.165, 1.54) is 24.3 Å². The Hall–Kier alpha value is -2.73. The fourth-order valence-electron chi connectivity index (χ4n) is 0.947. The summed E-state index contributed by atoms with van der Waals surface area (Å²) in [7, 11) is 0. The molecule has 8 heteroatoms. The molecule has 0 aliphatic rings. The molecule has 0 atom stereocenters. The van der Waals surface area contributed by atoms with E-state index < -0.39 is 11.1 Å². The van der Waals surface area contributed by atoms with E-state index in [4.69, 9.17) is 14.3 Å². The lowest BCUT2D eigenvalue weighted by Crippen LogP contribution is -2.10. The molecule has 1 aromatic rings. The number of carbonyl (C=O) groups is 1. The zero-order chi connectivity index (χ0) is 14.7. The molecule has 0 unspecified atom stereocenters. The van der Waals surface area contributed by atoms with Gasteiger partial charge in [-0.25, -0.2) is 4.79 Å². The molecule has 0 N–H and O–H groups in total. The van der Waals surface area contributed by atoms with Crippen LogP contribution in [0.5, 0.6) is 5.75 Å². The normalized spacial score (nSPS) is 8.47. The fraction of sp³-hybridized carbons (Fsp3) is 0.273. The van der Waals surface area contributed by atoms with E-state index in [1.807, 2.05) is 6.92 Å². The van der Waals surface area contributed by atoms with E-state index in [0.29, 0.717) is 6.42 Å². The highest BCUT2D eigenvalue weighted by atomic mass is 16.7. The molecular weight excluding hydrogens is 258 g/mol. The molecule has 0 saturated heterocycles. The number of nitro benzene ring substituents is 1. The first kappa shape index (κ1) is 16.3. The average Bonchev–Trinajstić information content (AvgIpc) is 2.38. The summed E-state index contributed by atoms with van der Waals surface area (Å²) in [5, 5.41) is 10.3. The van der Waals surface area contributed by atoms with Gasteiger partial charge in [-0.15, -0.1) is 0 Å². The van der Waals surface area contributed by atoms with Crippen molar-refractivity contribution in [3.8, 4) is 5.75 Å². The van der Waals surface area contributed by atoms with Crippen molar-refractivity contribution >= 4 is 18.0 Å². The zero-order valence-corrected chi connectivity index (χ0v) is 10.0. The lowest BCUT2D eigenvalue weighted by Gasteiger charge is -2.03. The maximum atomic E-state index is 11.0. The second-order valence-corrected chi connectivity index (χ2v) is 3.03. The van der Waals surface area contributed by atoms with Crippen molar-refractivity contribution in [2.75, 3.05) is 6.61 Å². The predicted octanol–water partition coefficient (Wildman–Crippen LogP) is 1.94. The first-order valence-corrected chi connectivity index (χ1v) is 5.13. The Balaban J connectivity index is 0.000000982. The zero-order valence-electron chi connectivity index (χ0n) is 10.0. The summed E-state index contributed by atoms with van der Waals surface area (Å²) >= 11 is 0. The molecule has 1 aromatic carbocycles. The van der Waals surface area contributed by atoms with E-state index in [9.17, 15) is 14.9 Å². The Labute approximate surface area is 108 Å². The number of hydrogen-bond donors (Lipinski definition) is 0. The first-order chi connectivity index (χ1) is 9.04. The number of rotatable bonds is 4. The molecule has 102 valence electrons. The second kappa shape index (κ2) is 9.32. The first-order valence-electron chi connectivity index (χ1n) is 5.13. The van der Waals surface area contributed by atoms with Gasteiger partial charge in [0, 0.05) is 12.1 Å². The minimum absolute atomic E-state index is 0.0609. The van der Waals surface area contributed by atoms with Crippen molar-refractivity contribution in [2.24, 2.45) is 0 Å². The van der Waals surface area contributed by atoms with Crippen LogP contribution >= 0.6 is 0 Å². The molecular formula is C11H11NO7. The third kappa shape index (κ3) is 7.24. The monoisotopic (exact) mass is 269 g/mol. The molecule has 0 bridgehead atoms. The van der Waals surface area contributed by atoms with Gasteiger partial charge in [0.1, 0.15) is 5.75 Å². The number of benzene rings is 1. The molecule has 0 aliphatic carbocycles.